The molecule has 0 bridgehead atoms. The zero-order chi connectivity index (χ0) is 20.8. The Kier molecular flexibility index (Phi) is 6.65. The van der Waals surface area contributed by atoms with Crippen molar-refractivity contribution < 1.29 is 9.47 Å². The van der Waals surface area contributed by atoms with E-state index in [0.717, 1.165) is 52.7 Å². The topological polar surface area (TPSA) is 34.6 Å². The van der Waals surface area contributed by atoms with E-state index in [1.165, 1.54) is 32.4 Å². The fourth-order valence-electron chi connectivity index (χ4n) is 3.96. The molecule has 156 valence electrons. The number of aryl methyl sites for hydroxylation is 1. The highest BCUT2D eigenvalue weighted by atomic mass is 16.5. The van der Waals surface area contributed by atoms with Gasteiger partial charge in [0.15, 0.2) is 0 Å². The van der Waals surface area contributed by atoms with E-state index in [1.807, 2.05) is 31.2 Å². The number of methoxy groups -OCH3 is 1. The van der Waals surface area contributed by atoms with Crippen LogP contribution in [0.2, 0.25) is 0 Å². The number of rotatable bonds is 7. The summed E-state index contributed by atoms with van der Waals surface area (Å²) in [4.78, 5) is 7.33. The predicted molar refractivity (Wildman–Crippen MR) is 122 cm³/mol. The van der Waals surface area contributed by atoms with Crippen molar-refractivity contribution in [2.75, 3.05) is 33.4 Å². The van der Waals surface area contributed by atoms with Gasteiger partial charge in [-0.3, -0.25) is 9.88 Å². The van der Waals surface area contributed by atoms with Crippen LogP contribution in [0.3, 0.4) is 0 Å². The van der Waals surface area contributed by atoms with Crippen LogP contribution in [0.15, 0.2) is 60.7 Å². The van der Waals surface area contributed by atoms with E-state index in [9.17, 15) is 0 Å². The van der Waals surface area contributed by atoms with Crippen LogP contribution in [0, 0.1) is 6.92 Å². The average molecular weight is 403 g/mol. The Bertz CT molecular complexity index is 946. The van der Waals surface area contributed by atoms with Gasteiger partial charge in [-0.25, -0.2) is 0 Å². The van der Waals surface area contributed by atoms with Crippen molar-refractivity contribution in [2.45, 2.75) is 26.2 Å². The summed E-state index contributed by atoms with van der Waals surface area (Å²) < 4.78 is 11.3. The summed E-state index contributed by atoms with van der Waals surface area (Å²) in [6.45, 7) is 6.17. The molecule has 0 amide bonds. The molecule has 30 heavy (non-hydrogen) atoms. The van der Waals surface area contributed by atoms with Gasteiger partial charge in [0.1, 0.15) is 18.1 Å². The second kappa shape index (κ2) is 9.77. The number of nitrogens with zero attached hydrogens (tertiary/aromatic N) is 2. The van der Waals surface area contributed by atoms with E-state index < -0.39 is 0 Å². The van der Waals surface area contributed by atoms with Gasteiger partial charge in [0, 0.05) is 23.4 Å². The fourth-order valence-corrected chi connectivity index (χ4v) is 3.96. The standard InChI is InChI=1S/C26H30N2O2/c1-20-6-15-25(21-7-11-23(29-2)12-8-21)26(27-20)22-9-13-24(14-10-22)30-19-18-28-16-4-3-5-17-28/h6-15H,3-5,16-19H2,1-2H3. The summed E-state index contributed by atoms with van der Waals surface area (Å²) >= 11 is 0. The molecule has 2 heterocycles. The van der Waals surface area contributed by atoms with Crippen molar-refractivity contribution in [2.24, 2.45) is 0 Å². The predicted octanol–water partition coefficient (Wildman–Crippen LogP) is 5.60. The number of pyridine rings is 1. The molecular formula is C26H30N2O2. The second-order valence-corrected chi connectivity index (χ2v) is 7.85. The smallest absolute Gasteiger partial charge is 0.119 e. The first kappa shape index (κ1) is 20.4. The monoisotopic (exact) mass is 402 g/mol. The molecule has 0 N–H and O–H groups in total. The van der Waals surface area contributed by atoms with Gasteiger partial charge in [-0.05, 0) is 80.9 Å². The maximum atomic E-state index is 5.99. The van der Waals surface area contributed by atoms with Crippen molar-refractivity contribution in [3.05, 3.63) is 66.4 Å². The first-order valence-electron chi connectivity index (χ1n) is 10.8. The van der Waals surface area contributed by atoms with E-state index >= 15 is 0 Å². The quantitative estimate of drug-likeness (QED) is 0.515. The van der Waals surface area contributed by atoms with Crippen molar-refractivity contribution in [1.29, 1.82) is 0 Å². The third kappa shape index (κ3) is 5.00. The Labute approximate surface area is 179 Å². The number of hydrogen-bond acceptors (Lipinski definition) is 4. The van der Waals surface area contributed by atoms with Gasteiger partial charge in [0.05, 0.1) is 12.8 Å². The summed E-state index contributed by atoms with van der Waals surface area (Å²) in [5, 5.41) is 0. The Balaban J connectivity index is 1.48. The van der Waals surface area contributed by atoms with Crippen molar-refractivity contribution in [3.8, 4) is 33.9 Å². The SMILES string of the molecule is COc1ccc(-c2ccc(C)nc2-c2ccc(OCCN3CCCCC3)cc2)cc1. The molecule has 2 aromatic carbocycles. The van der Waals surface area contributed by atoms with Crippen molar-refractivity contribution in [3.63, 3.8) is 0 Å². The van der Waals surface area contributed by atoms with Gasteiger partial charge in [-0.1, -0.05) is 24.6 Å². The lowest BCUT2D eigenvalue weighted by Gasteiger charge is -2.26. The zero-order valence-electron chi connectivity index (χ0n) is 17.9. The lowest BCUT2D eigenvalue weighted by atomic mass is 9.98. The van der Waals surface area contributed by atoms with Crippen molar-refractivity contribution in [1.82, 2.24) is 9.88 Å². The molecular weight excluding hydrogens is 372 g/mol. The molecule has 0 spiro atoms. The Morgan fingerprint density at radius 1 is 0.800 bits per heavy atom. The highest BCUT2D eigenvalue weighted by molar-refractivity contribution is 5.81. The number of benzene rings is 2. The molecule has 1 fully saturated rings. The molecule has 1 saturated heterocycles. The van der Waals surface area contributed by atoms with E-state index in [2.05, 4.69) is 41.3 Å². The minimum atomic E-state index is 0.735. The molecule has 1 aliphatic rings. The fraction of sp³-hybridized carbons (Fsp3) is 0.346. The molecule has 0 radical (unpaired) electrons. The molecule has 4 heteroatoms. The summed E-state index contributed by atoms with van der Waals surface area (Å²) in [6, 6.07) is 20.6. The normalized spacial score (nSPS) is 14.5. The van der Waals surface area contributed by atoms with Gasteiger partial charge in [-0.2, -0.15) is 0 Å². The summed E-state index contributed by atoms with van der Waals surface area (Å²) in [6.07, 6.45) is 3.99. The second-order valence-electron chi connectivity index (χ2n) is 7.85. The molecule has 0 aliphatic carbocycles. The summed E-state index contributed by atoms with van der Waals surface area (Å²) in [7, 11) is 1.68. The molecule has 3 aromatic rings. The van der Waals surface area contributed by atoms with Crippen LogP contribution >= 0.6 is 0 Å². The van der Waals surface area contributed by atoms with Gasteiger partial charge in [0.2, 0.25) is 0 Å². The van der Waals surface area contributed by atoms with E-state index in [0.29, 0.717) is 0 Å². The highest BCUT2D eigenvalue weighted by Crippen LogP contribution is 2.32. The summed E-state index contributed by atoms with van der Waals surface area (Å²) in [5.41, 5.74) is 5.32. The molecule has 0 unspecified atom stereocenters. The molecule has 1 aromatic heterocycles. The van der Waals surface area contributed by atoms with Crippen LogP contribution in [0.5, 0.6) is 11.5 Å². The zero-order valence-corrected chi connectivity index (χ0v) is 17.9. The van der Waals surface area contributed by atoms with E-state index in [1.54, 1.807) is 7.11 Å². The van der Waals surface area contributed by atoms with Crippen LogP contribution < -0.4 is 9.47 Å². The average Bonchev–Trinajstić information content (AvgIpc) is 2.80. The first-order chi connectivity index (χ1) is 14.7. The first-order valence-corrected chi connectivity index (χ1v) is 10.8. The Hall–Kier alpha value is -2.85. The van der Waals surface area contributed by atoms with Crippen molar-refractivity contribution >= 4 is 0 Å². The third-order valence-electron chi connectivity index (χ3n) is 5.69. The number of hydrogen-bond donors (Lipinski definition) is 0. The third-order valence-corrected chi connectivity index (χ3v) is 5.69. The lowest BCUT2D eigenvalue weighted by molar-refractivity contribution is 0.183. The maximum Gasteiger partial charge on any atom is 0.119 e. The van der Waals surface area contributed by atoms with E-state index in [4.69, 9.17) is 14.5 Å². The molecule has 4 nitrogen and oxygen atoms in total. The van der Waals surface area contributed by atoms with Crippen LogP contribution in [0.25, 0.3) is 22.4 Å². The molecule has 0 saturated carbocycles. The number of aromatic nitrogens is 1. The van der Waals surface area contributed by atoms with Crippen LogP contribution in [0.1, 0.15) is 25.0 Å². The minimum absolute atomic E-state index is 0.735. The largest absolute Gasteiger partial charge is 0.497 e. The van der Waals surface area contributed by atoms with Gasteiger partial charge < -0.3 is 9.47 Å². The lowest BCUT2D eigenvalue weighted by Crippen LogP contribution is -2.33. The highest BCUT2D eigenvalue weighted by Gasteiger charge is 2.12. The van der Waals surface area contributed by atoms with Gasteiger partial charge in [0.25, 0.3) is 0 Å². The number of piperidine rings is 1. The number of likely N-dealkylation sites (tertiary alicyclic amines) is 1. The van der Waals surface area contributed by atoms with Gasteiger partial charge in [-0.15, -0.1) is 0 Å². The Morgan fingerprint density at radius 2 is 1.47 bits per heavy atom. The minimum Gasteiger partial charge on any atom is -0.497 e. The molecule has 1 aliphatic heterocycles. The Morgan fingerprint density at radius 3 is 2.17 bits per heavy atom. The van der Waals surface area contributed by atoms with Crippen LogP contribution in [0.4, 0.5) is 0 Å². The van der Waals surface area contributed by atoms with Crippen LogP contribution in [-0.2, 0) is 0 Å². The maximum absolute atomic E-state index is 5.99. The number of ether oxygens (including phenoxy) is 2. The summed E-state index contributed by atoms with van der Waals surface area (Å²) in [5.74, 6) is 1.76. The van der Waals surface area contributed by atoms with Gasteiger partial charge >= 0.3 is 0 Å². The van der Waals surface area contributed by atoms with Crippen LogP contribution in [-0.4, -0.2) is 43.2 Å². The molecule has 0 atom stereocenters. The van der Waals surface area contributed by atoms with E-state index in [-0.39, 0.29) is 0 Å². The molecule has 4 rings (SSSR count).